The van der Waals surface area contributed by atoms with Crippen molar-refractivity contribution in [3.8, 4) is 11.5 Å². The molecule has 1 atom stereocenters. The normalized spacial score (nSPS) is 18.3. The first kappa shape index (κ1) is 21.9. The number of likely N-dealkylation sites (tertiary alicyclic amines) is 1. The van der Waals surface area contributed by atoms with E-state index in [1.807, 2.05) is 42.5 Å². The van der Waals surface area contributed by atoms with Crippen molar-refractivity contribution < 1.29 is 19.4 Å². The molecule has 31 heavy (non-hydrogen) atoms. The number of aliphatic hydroxyl groups excluding tert-OH is 1. The topological polar surface area (TPSA) is 71.0 Å². The number of para-hydroxylation sites is 1. The van der Waals surface area contributed by atoms with E-state index in [0.29, 0.717) is 18.8 Å². The van der Waals surface area contributed by atoms with Crippen LogP contribution in [0.15, 0.2) is 42.5 Å². The van der Waals surface area contributed by atoms with E-state index in [1.54, 1.807) is 0 Å². The van der Waals surface area contributed by atoms with Crippen molar-refractivity contribution in [2.24, 2.45) is 0 Å². The molecule has 2 heterocycles. The van der Waals surface area contributed by atoms with Gasteiger partial charge >= 0.3 is 0 Å². The summed E-state index contributed by atoms with van der Waals surface area (Å²) in [5, 5.41) is 14.0. The molecule has 1 spiro atoms. The quantitative estimate of drug-likeness (QED) is 0.686. The van der Waals surface area contributed by atoms with E-state index in [9.17, 15) is 9.90 Å². The standard InChI is InChI=1S/C24H29ClN2O4/c1-17(28)26-14-18-4-2-3-5-22(18)30-16-21(29)15-27-10-8-24(9-11-27)13-19-12-20(25)6-7-23(19)31-24/h2-7,12,21,29H,8-11,13-16H2,1H3,(H,26,28)/t21-/m1/s1. The van der Waals surface area contributed by atoms with Gasteiger partial charge in [0.25, 0.3) is 0 Å². The van der Waals surface area contributed by atoms with Crippen molar-refractivity contribution in [1.29, 1.82) is 0 Å². The van der Waals surface area contributed by atoms with Crippen molar-refractivity contribution in [2.45, 2.75) is 44.4 Å². The van der Waals surface area contributed by atoms with Gasteiger partial charge in [0, 0.05) is 63.0 Å². The lowest BCUT2D eigenvalue weighted by Crippen LogP contribution is -2.49. The van der Waals surface area contributed by atoms with Crippen molar-refractivity contribution in [2.75, 3.05) is 26.2 Å². The number of aliphatic hydroxyl groups is 1. The number of β-amino-alcohol motifs (C(OH)–C–C–N with tert-alkyl or cyclic N) is 1. The third-order valence-electron chi connectivity index (χ3n) is 6.03. The van der Waals surface area contributed by atoms with Gasteiger partial charge < -0.3 is 24.8 Å². The number of amides is 1. The number of hydrogen-bond donors (Lipinski definition) is 2. The summed E-state index contributed by atoms with van der Waals surface area (Å²) in [6, 6.07) is 13.4. The van der Waals surface area contributed by atoms with Crippen LogP contribution in [0.3, 0.4) is 0 Å². The molecule has 1 amide bonds. The predicted octanol–water partition coefficient (Wildman–Crippen LogP) is 3.19. The number of nitrogens with zero attached hydrogens (tertiary/aromatic N) is 1. The maximum absolute atomic E-state index is 11.2. The largest absolute Gasteiger partial charge is 0.490 e. The Hall–Kier alpha value is -2.28. The number of nitrogens with one attached hydrogen (secondary N) is 1. The number of benzene rings is 2. The highest BCUT2D eigenvalue weighted by molar-refractivity contribution is 6.30. The van der Waals surface area contributed by atoms with Gasteiger partial charge in [-0.2, -0.15) is 0 Å². The first-order valence-electron chi connectivity index (χ1n) is 10.8. The van der Waals surface area contributed by atoms with Crippen molar-refractivity contribution >= 4 is 17.5 Å². The maximum Gasteiger partial charge on any atom is 0.217 e. The summed E-state index contributed by atoms with van der Waals surface area (Å²) in [5.74, 6) is 1.54. The molecule has 2 aliphatic heterocycles. The molecule has 6 nitrogen and oxygen atoms in total. The molecule has 0 saturated carbocycles. The van der Waals surface area contributed by atoms with Crippen LogP contribution >= 0.6 is 11.6 Å². The third kappa shape index (κ3) is 5.50. The molecular weight excluding hydrogens is 416 g/mol. The Morgan fingerprint density at radius 2 is 2.06 bits per heavy atom. The summed E-state index contributed by atoms with van der Waals surface area (Å²) in [5.41, 5.74) is 1.93. The summed E-state index contributed by atoms with van der Waals surface area (Å²) in [6.07, 6.45) is 2.15. The lowest BCUT2D eigenvalue weighted by molar-refractivity contribution is -0.119. The van der Waals surface area contributed by atoms with Gasteiger partial charge in [-0.25, -0.2) is 0 Å². The van der Waals surface area contributed by atoms with Gasteiger partial charge in [-0.1, -0.05) is 29.8 Å². The first-order chi connectivity index (χ1) is 14.9. The molecule has 2 N–H and O–H groups in total. The SMILES string of the molecule is CC(=O)NCc1ccccc1OC[C@H](O)CN1CCC2(CC1)Cc1cc(Cl)ccc1O2. The van der Waals surface area contributed by atoms with Crippen molar-refractivity contribution in [3.05, 3.63) is 58.6 Å². The maximum atomic E-state index is 11.2. The van der Waals surface area contributed by atoms with Gasteiger partial charge in [-0.15, -0.1) is 0 Å². The number of piperidine rings is 1. The zero-order valence-corrected chi connectivity index (χ0v) is 18.5. The molecule has 2 aliphatic rings. The lowest BCUT2D eigenvalue weighted by atomic mass is 9.87. The van der Waals surface area contributed by atoms with E-state index in [2.05, 4.69) is 10.2 Å². The number of carbonyl (C=O) groups excluding carboxylic acids is 1. The molecule has 166 valence electrons. The van der Waals surface area contributed by atoms with E-state index in [1.165, 1.54) is 12.5 Å². The fourth-order valence-corrected chi connectivity index (χ4v) is 4.57. The Bertz CT molecular complexity index is 928. The molecule has 0 radical (unpaired) electrons. The van der Waals surface area contributed by atoms with Gasteiger partial charge in [0.1, 0.15) is 29.8 Å². The van der Waals surface area contributed by atoms with Crippen LogP contribution in [-0.4, -0.2) is 53.9 Å². The molecule has 1 saturated heterocycles. The Kier molecular flexibility index (Phi) is 6.70. The van der Waals surface area contributed by atoms with Gasteiger partial charge in [-0.3, -0.25) is 4.79 Å². The van der Waals surface area contributed by atoms with Gasteiger partial charge in [0.05, 0.1) is 0 Å². The minimum absolute atomic E-state index is 0.0878. The van der Waals surface area contributed by atoms with Crippen LogP contribution in [0.25, 0.3) is 0 Å². The van der Waals surface area contributed by atoms with Gasteiger partial charge in [0.15, 0.2) is 0 Å². The average Bonchev–Trinajstić information content (AvgIpc) is 3.10. The summed E-state index contributed by atoms with van der Waals surface area (Å²) in [4.78, 5) is 13.4. The molecule has 4 rings (SSSR count). The molecule has 2 aromatic carbocycles. The minimum atomic E-state index is -0.594. The predicted molar refractivity (Wildman–Crippen MR) is 120 cm³/mol. The van der Waals surface area contributed by atoms with Crippen LogP contribution in [0.4, 0.5) is 0 Å². The Morgan fingerprint density at radius 1 is 1.29 bits per heavy atom. The van der Waals surface area contributed by atoms with E-state index in [-0.39, 0.29) is 18.1 Å². The molecule has 7 heteroatoms. The summed E-state index contributed by atoms with van der Waals surface area (Å²) in [6.45, 7) is 4.40. The van der Waals surface area contributed by atoms with Crippen molar-refractivity contribution in [3.63, 3.8) is 0 Å². The highest BCUT2D eigenvalue weighted by Gasteiger charge is 2.42. The average molecular weight is 445 g/mol. The number of halogens is 1. The van der Waals surface area contributed by atoms with Gasteiger partial charge in [0.2, 0.25) is 5.91 Å². The van der Waals surface area contributed by atoms with E-state index in [4.69, 9.17) is 21.1 Å². The Morgan fingerprint density at radius 3 is 2.84 bits per heavy atom. The fraction of sp³-hybridized carbons (Fsp3) is 0.458. The third-order valence-corrected chi connectivity index (χ3v) is 6.26. The van der Waals surface area contributed by atoms with Gasteiger partial charge in [-0.05, 0) is 29.8 Å². The monoisotopic (exact) mass is 444 g/mol. The highest BCUT2D eigenvalue weighted by Crippen LogP contribution is 2.41. The van der Waals surface area contributed by atoms with Crippen LogP contribution < -0.4 is 14.8 Å². The molecule has 0 bridgehead atoms. The van der Waals surface area contributed by atoms with Crippen LogP contribution in [0, 0.1) is 0 Å². The Labute approximate surface area is 188 Å². The van der Waals surface area contributed by atoms with Crippen LogP contribution in [0.5, 0.6) is 11.5 Å². The molecule has 0 unspecified atom stereocenters. The molecule has 0 aromatic heterocycles. The van der Waals surface area contributed by atoms with Crippen LogP contribution in [0.1, 0.15) is 30.9 Å². The number of rotatable bonds is 7. The van der Waals surface area contributed by atoms with E-state index < -0.39 is 6.10 Å². The van der Waals surface area contributed by atoms with Crippen LogP contribution in [0.2, 0.25) is 5.02 Å². The number of ether oxygens (including phenoxy) is 2. The highest BCUT2D eigenvalue weighted by atomic mass is 35.5. The Balaban J connectivity index is 1.24. The second-order valence-corrected chi connectivity index (χ2v) is 8.93. The fourth-order valence-electron chi connectivity index (χ4n) is 4.37. The first-order valence-corrected chi connectivity index (χ1v) is 11.1. The smallest absolute Gasteiger partial charge is 0.217 e. The molecular formula is C24H29ClN2O4. The summed E-state index contributed by atoms with van der Waals surface area (Å²) >= 11 is 6.12. The summed E-state index contributed by atoms with van der Waals surface area (Å²) < 4.78 is 12.2. The summed E-state index contributed by atoms with van der Waals surface area (Å²) in [7, 11) is 0. The lowest BCUT2D eigenvalue weighted by Gasteiger charge is -2.39. The zero-order chi connectivity index (χ0) is 21.8. The molecule has 2 aromatic rings. The minimum Gasteiger partial charge on any atom is -0.490 e. The van der Waals surface area contributed by atoms with Crippen LogP contribution in [-0.2, 0) is 17.8 Å². The van der Waals surface area contributed by atoms with E-state index >= 15 is 0 Å². The van der Waals surface area contributed by atoms with Crippen molar-refractivity contribution in [1.82, 2.24) is 10.2 Å². The number of fused-ring (bicyclic) bond motifs is 1. The second-order valence-electron chi connectivity index (χ2n) is 8.50. The number of hydrogen-bond acceptors (Lipinski definition) is 5. The molecule has 1 fully saturated rings. The van der Waals surface area contributed by atoms with E-state index in [0.717, 1.165) is 48.7 Å². The zero-order valence-electron chi connectivity index (χ0n) is 17.8. The number of carbonyl (C=O) groups is 1. The molecule has 0 aliphatic carbocycles. The second kappa shape index (κ2) is 9.47.